The number of carbonyl (C=O) groups is 2. The quantitative estimate of drug-likeness (QED) is 0.800. The number of hydrogen-bond donors (Lipinski definition) is 0. The number of carbonyl (C=O) groups excluding carboxylic acids is 2. The molecule has 0 radical (unpaired) electrons. The minimum Gasteiger partial charge on any atom is -0.339 e. The minimum atomic E-state index is -1.65. The lowest BCUT2D eigenvalue weighted by Crippen LogP contribution is -2.50. The maximum absolute atomic E-state index is 13.7. The lowest BCUT2D eigenvalue weighted by molar-refractivity contribution is -0.133. The molecule has 23 heavy (non-hydrogen) atoms. The number of benzene rings is 1. The van der Waals surface area contributed by atoms with Crippen molar-refractivity contribution in [2.45, 2.75) is 20.3 Å². The Morgan fingerprint density at radius 1 is 1.00 bits per heavy atom. The van der Waals surface area contributed by atoms with Crippen molar-refractivity contribution in [1.82, 2.24) is 9.80 Å². The van der Waals surface area contributed by atoms with Gasteiger partial charge in [-0.3, -0.25) is 9.59 Å². The van der Waals surface area contributed by atoms with Gasteiger partial charge in [-0.1, -0.05) is 13.8 Å². The molecule has 7 heteroatoms. The van der Waals surface area contributed by atoms with Gasteiger partial charge >= 0.3 is 0 Å². The van der Waals surface area contributed by atoms with E-state index < -0.39 is 28.9 Å². The predicted molar refractivity (Wildman–Crippen MR) is 78.3 cm³/mol. The highest BCUT2D eigenvalue weighted by molar-refractivity contribution is 5.94. The van der Waals surface area contributed by atoms with E-state index in [1.807, 2.05) is 13.8 Å². The second-order valence-corrected chi connectivity index (χ2v) is 5.99. The number of nitrogens with zero attached hydrogens (tertiary/aromatic N) is 2. The van der Waals surface area contributed by atoms with Crippen LogP contribution in [0.4, 0.5) is 13.2 Å². The summed E-state index contributed by atoms with van der Waals surface area (Å²) in [5, 5.41) is 0. The Kier molecular flexibility index (Phi) is 5.28. The summed E-state index contributed by atoms with van der Waals surface area (Å²) in [7, 11) is 0. The van der Waals surface area contributed by atoms with Crippen molar-refractivity contribution in [3.8, 4) is 0 Å². The Morgan fingerprint density at radius 3 is 2.13 bits per heavy atom. The summed E-state index contributed by atoms with van der Waals surface area (Å²) in [6, 6.07) is 1.67. The standard InChI is InChI=1S/C16H19F3N2O2/c1-10(2)9-13(22)20-5-7-21(8-6-20)16(23)11-3-4-12(17)15(19)14(11)18/h3-4,10H,5-9H2,1-2H3. The number of hydrogen-bond acceptors (Lipinski definition) is 2. The predicted octanol–water partition coefficient (Wildman–Crippen LogP) is 2.43. The van der Waals surface area contributed by atoms with Crippen LogP contribution in [0.2, 0.25) is 0 Å². The van der Waals surface area contributed by atoms with Gasteiger partial charge in [0, 0.05) is 32.6 Å². The van der Waals surface area contributed by atoms with Crippen molar-refractivity contribution >= 4 is 11.8 Å². The van der Waals surface area contributed by atoms with Crippen molar-refractivity contribution in [2.24, 2.45) is 5.92 Å². The van der Waals surface area contributed by atoms with Crippen molar-refractivity contribution in [3.05, 3.63) is 35.1 Å². The second-order valence-electron chi connectivity index (χ2n) is 5.99. The van der Waals surface area contributed by atoms with Crippen LogP contribution in [-0.2, 0) is 4.79 Å². The third-order valence-electron chi connectivity index (χ3n) is 3.77. The minimum absolute atomic E-state index is 0.0195. The molecule has 1 aliphatic rings. The highest BCUT2D eigenvalue weighted by Gasteiger charge is 2.28. The fraction of sp³-hybridized carbons (Fsp3) is 0.500. The van der Waals surface area contributed by atoms with Gasteiger partial charge in [0.2, 0.25) is 5.91 Å². The normalized spacial score (nSPS) is 15.2. The van der Waals surface area contributed by atoms with Crippen LogP contribution in [0.3, 0.4) is 0 Å². The van der Waals surface area contributed by atoms with Gasteiger partial charge in [-0.25, -0.2) is 13.2 Å². The molecule has 0 N–H and O–H groups in total. The molecule has 0 unspecified atom stereocenters. The van der Waals surface area contributed by atoms with E-state index in [1.165, 1.54) is 4.90 Å². The molecule has 0 aromatic heterocycles. The van der Waals surface area contributed by atoms with Gasteiger partial charge in [0.05, 0.1) is 5.56 Å². The second kappa shape index (κ2) is 7.02. The Balaban J connectivity index is 2.02. The summed E-state index contributed by atoms with van der Waals surface area (Å²) in [5.74, 6) is -4.89. The highest BCUT2D eigenvalue weighted by Crippen LogP contribution is 2.18. The number of piperazine rings is 1. The van der Waals surface area contributed by atoms with Crippen LogP contribution in [0.1, 0.15) is 30.6 Å². The molecule has 0 saturated carbocycles. The van der Waals surface area contributed by atoms with Crippen LogP contribution in [0.5, 0.6) is 0 Å². The van der Waals surface area contributed by atoms with E-state index in [0.29, 0.717) is 19.5 Å². The summed E-state index contributed by atoms with van der Waals surface area (Å²) in [6.45, 7) is 5.07. The molecule has 1 aliphatic heterocycles. The summed E-state index contributed by atoms with van der Waals surface area (Å²) in [4.78, 5) is 27.2. The lowest BCUT2D eigenvalue weighted by atomic mass is 10.1. The maximum atomic E-state index is 13.7. The molecular formula is C16H19F3N2O2. The van der Waals surface area contributed by atoms with Crippen molar-refractivity contribution in [3.63, 3.8) is 0 Å². The smallest absolute Gasteiger partial charge is 0.257 e. The van der Waals surface area contributed by atoms with Gasteiger partial charge in [-0.05, 0) is 18.1 Å². The van der Waals surface area contributed by atoms with Crippen molar-refractivity contribution < 1.29 is 22.8 Å². The molecule has 1 saturated heterocycles. The van der Waals surface area contributed by atoms with Crippen LogP contribution >= 0.6 is 0 Å². The van der Waals surface area contributed by atoms with Crippen molar-refractivity contribution in [2.75, 3.05) is 26.2 Å². The third kappa shape index (κ3) is 3.83. The molecule has 1 aromatic carbocycles. The van der Waals surface area contributed by atoms with E-state index in [9.17, 15) is 22.8 Å². The average molecular weight is 328 g/mol. The Morgan fingerprint density at radius 2 is 1.57 bits per heavy atom. The van der Waals surface area contributed by atoms with Gasteiger partial charge < -0.3 is 9.80 Å². The summed E-state index contributed by atoms with van der Waals surface area (Å²) >= 11 is 0. The SMILES string of the molecule is CC(C)CC(=O)N1CCN(C(=O)c2ccc(F)c(F)c2F)CC1. The Hall–Kier alpha value is -2.05. The van der Waals surface area contributed by atoms with Gasteiger partial charge in [-0.2, -0.15) is 0 Å². The van der Waals surface area contributed by atoms with Crippen LogP contribution in [0.25, 0.3) is 0 Å². The number of amides is 2. The maximum Gasteiger partial charge on any atom is 0.257 e. The highest BCUT2D eigenvalue weighted by atomic mass is 19.2. The van der Waals surface area contributed by atoms with Crippen LogP contribution in [0, 0.1) is 23.4 Å². The first-order valence-corrected chi connectivity index (χ1v) is 7.51. The molecular weight excluding hydrogens is 309 g/mol. The largest absolute Gasteiger partial charge is 0.339 e. The molecule has 4 nitrogen and oxygen atoms in total. The molecule has 1 aromatic rings. The van der Waals surface area contributed by atoms with E-state index in [0.717, 1.165) is 12.1 Å². The van der Waals surface area contributed by atoms with Crippen LogP contribution in [-0.4, -0.2) is 47.8 Å². The molecule has 0 bridgehead atoms. The van der Waals surface area contributed by atoms with Gasteiger partial charge in [0.1, 0.15) is 0 Å². The summed E-state index contributed by atoms with van der Waals surface area (Å²) < 4.78 is 39.8. The van der Waals surface area contributed by atoms with Crippen LogP contribution in [0.15, 0.2) is 12.1 Å². The first kappa shape index (κ1) is 17.3. The molecule has 1 heterocycles. The zero-order chi connectivity index (χ0) is 17.1. The molecule has 0 spiro atoms. The zero-order valence-electron chi connectivity index (χ0n) is 13.1. The van der Waals surface area contributed by atoms with Gasteiger partial charge in [-0.15, -0.1) is 0 Å². The Bertz CT molecular complexity index is 612. The first-order chi connectivity index (χ1) is 10.8. The summed E-state index contributed by atoms with van der Waals surface area (Å²) in [5.41, 5.74) is -0.495. The monoisotopic (exact) mass is 328 g/mol. The fourth-order valence-corrected chi connectivity index (χ4v) is 2.50. The fourth-order valence-electron chi connectivity index (χ4n) is 2.50. The van der Waals surface area contributed by atoms with Crippen molar-refractivity contribution in [1.29, 1.82) is 0 Å². The molecule has 126 valence electrons. The topological polar surface area (TPSA) is 40.6 Å². The number of halogens is 3. The first-order valence-electron chi connectivity index (χ1n) is 7.51. The van der Waals surface area contributed by atoms with E-state index >= 15 is 0 Å². The van der Waals surface area contributed by atoms with Gasteiger partial charge in [0.25, 0.3) is 5.91 Å². The lowest BCUT2D eigenvalue weighted by Gasteiger charge is -2.35. The van der Waals surface area contributed by atoms with E-state index in [4.69, 9.17) is 0 Å². The Labute approximate surface area is 132 Å². The van der Waals surface area contributed by atoms with E-state index in [1.54, 1.807) is 4.90 Å². The van der Waals surface area contributed by atoms with Gasteiger partial charge in [0.15, 0.2) is 17.5 Å². The molecule has 2 rings (SSSR count). The molecule has 2 amide bonds. The molecule has 0 aliphatic carbocycles. The zero-order valence-corrected chi connectivity index (χ0v) is 13.1. The van der Waals surface area contributed by atoms with E-state index in [-0.39, 0.29) is 24.9 Å². The molecule has 1 fully saturated rings. The molecule has 0 atom stereocenters. The number of rotatable bonds is 3. The van der Waals surface area contributed by atoms with E-state index in [2.05, 4.69) is 0 Å². The van der Waals surface area contributed by atoms with Crippen LogP contribution < -0.4 is 0 Å². The average Bonchev–Trinajstić information content (AvgIpc) is 2.52. The summed E-state index contributed by atoms with van der Waals surface area (Å²) in [6.07, 6.45) is 0.436. The third-order valence-corrected chi connectivity index (χ3v) is 3.77.